The quantitative estimate of drug-likeness (QED) is 0.570. The second-order valence-electron chi connectivity index (χ2n) is 4.83. The monoisotopic (exact) mass is 337 g/mol. The van der Waals surface area contributed by atoms with Gasteiger partial charge in [-0.2, -0.15) is 5.10 Å². The number of thiazole rings is 1. The lowest BCUT2D eigenvalue weighted by Gasteiger charge is -2.17. The summed E-state index contributed by atoms with van der Waals surface area (Å²) >= 11 is 1.39. The van der Waals surface area contributed by atoms with Crippen LogP contribution in [0.15, 0.2) is 65.2 Å². The van der Waals surface area contributed by atoms with Crippen molar-refractivity contribution in [2.45, 2.75) is 6.92 Å². The van der Waals surface area contributed by atoms with Gasteiger partial charge in [-0.25, -0.2) is 9.97 Å². The molecule has 0 aliphatic heterocycles. The van der Waals surface area contributed by atoms with E-state index in [4.69, 9.17) is 0 Å². The number of carbonyl (C=O) groups is 1. The van der Waals surface area contributed by atoms with Crippen LogP contribution in [0.25, 0.3) is 0 Å². The summed E-state index contributed by atoms with van der Waals surface area (Å²) in [7, 11) is 0. The molecule has 1 aromatic carbocycles. The average Bonchev–Trinajstić information content (AvgIpc) is 3.05. The third-order valence-electron chi connectivity index (χ3n) is 3.07. The number of pyridine rings is 1. The molecule has 3 aromatic rings. The first-order valence-corrected chi connectivity index (χ1v) is 8.13. The predicted octanol–water partition coefficient (Wildman–Crippen LogP) is 3.67. The Kier molecular flexibility index (Phi) is 4.93. The second kappa shape index (κ2) is 7.47. The van der Waals surface area contributed by atoms with Crippen LogP contribution in [0.4, 0.5) is 16.6 Å². The van der Waals surface area contributed by atoms with Crippen LogP contribution in [-0.2, 0) is 4.79 Å². The Bertz CT molecular complexity index is 832. The van der Waals surface area contributed by atoms with E-state index < -0.39 is 0 Å². The fourth-order valence-corrected chi connectivity index (χ4v) is 2.87. The molecule has 120 valence electrons. The van der Waals surface area contributed by atoms with Gasteiger partial charge >= 0.3 is 0 Å². The van der Waals surface area contributed by atoms with Crippen molar-refractivity contribution in [1.82, 2.24) is 9.97 Å². The molecule has 3 rings (SSSR count). The van der Waals surface area contributed by atoms with Crippen LogP contribution in [0.2, 0.25) is 0 Å². The molecule has 24 heavy (non-hydrogen) atoms. The van der Waals surface area contributed by atoms with Crippen LogP contribution in [0.5, 0.6) is 0 Å². The van der Waals surface area contributed by atoms with E-state index in [1.807, 2.05) is 53.9 Å². The summed E-state index contributed by atoms with van der Waals surface area (Å²) in [4.78, 5) is 22.1. The fraction of sp³-hybridized carbons (Fsp3) is 0.0588. The SMILES string of the molecule is CC(=O)N(c1ccccc1)c1nc(/C=N\Nc2ccccn2)cs1. The van der Waals surface area contributed by atoms with E-state index in [0.717, 1.165) is 5.69 Å². The lowest BCUT2D eigenvalue weighted by molar-refractivity contribution is -0.115. The number of carbonyl (C=O) groups excluding carboxylic acids is 1. The molecule has 0 unspecified atom stereocenters. The first-order chi connectivity index (χ1) is 11.7. The number of amides is 1. The average molecular weight is 337 g/mol. The molecule has 0 atom stereocenters. The van der Waals surface area contributed by atoms with Crippen molar-refractivity contribution in [3.05, 3.63) is 65.8 Å². The molecule has 0 spiro atoms. The van der Waals surface area contributed by atoms with Crippen LogP contribution >= 0.6 is 11.3 Å². The largest absolute Gasteiger partial charge is 0.274 e. The normalized spacial score (nSPS) is 10.7. The molecule has 7 heteroatoms. The van der Waals surface area contributed by atoms with Crippen molar-refractivity contribution < 1.29 is 4.79 Å². The van der Waals surface area contributed by atoms with Gasteiger partial charge in [0.15, 0.2) is 5.13 Å². The Hall–Kier alpha value is -3.06. The smallest absolute Gasteiger partial charge is 0.230 e. The number of anilines is 3. The molecule has 0 bridgehead atoms. The lowest BCUT2D eigenvalue weighted by atomic mass is 10.3. The number of hydrazone groups is 1. The highest BCUT2D eigenvalue weighted by molar-refractivity contribution is 7.14. The highest BCUT2D eigenvalue weighted by Gasteiger charge is 2.17. The Labute approximate surface area is 143 Å². The Balaban J connectivity index is 1.75. The Morgan fingerprint density at radius 1 is 1.21 bits per heavy atom. The van der Waals surface area contributed by atoms with E-state index in [-0.39, 0.29) is 5.91 Å². The van der Waals surface area contributed by atoms with Crippen molar-refractivity contribution in [2.24, 2.45) is 5.10 Å². The van der Waals surface area contributed by atoms with Gasteiger partial charge in [-0.05, 0) is 24.3 Å². The van der Waals surface area contributed by atoms with E-state index in [9.17, 15) is 4.79 Å². The second-order valence-corrected chi connectivity index (χ2v) is 5.67. The number of nitrogens with one attached hydrogen (secondary N) is 1. The molecule has 0 aliphatic rings. The zero-order chi connectivity index (χ0) is 16.8. The summed E-state index contributed by atoms with van der Waals surface area (Å²) in [6.07, 6.45) is 3.28. The summed E-state index contributed by atoms with van der Waals surface area (Å²) in [5.41, 5.74) is 4.28. The first-order valence-electron chi connectivity index (χ1n) is 7.25. The molecule has 2 heterocycles. The minimum atomic E-state index is -0.0920. The number of aromatic nitrogens is 2. The lowest BCUT2D eigenvalue weighted by Crippen LogP contribution is -2.22. The highest BCUT2D eigenvalue weighted by atomic mass is 32.1. The van der Waals surface area contributed by atoms with Crippen LogP contribution in [0.1, 0.15) is 12.6 Å². The predicted molar refractivity (Wildman–Crippen MR) is 96.8 cm³/mol. The van der Waals surface area contributed by atoms with Gasteiger partial charge in [-0.15, -0.1) is 11.3 Å². The van der Waals surface area contributed by atoms with Gasteiger partial charge < -0.3 is 0 Å². The van der Waals surface area contributed by atoms with E-state index >= 15 is 0 Å². The van der Waals surface area contributed by atoms with E-state index in [1.165, 1.54) is 18.3 Å². The van der Waals surface area contributed by atoms with E-state index in [2.05, 4.69) is 20.5 Å². The number of rotatable bonds is 5. The van der Waals surface area contributed by atoms with Gasteiger partial charge in [0, 0.05) is 18.5 Å². The number of hydrogen-bond donors (Lipinski definition) is 1. The van der Waals surface area contributed by atoms with Gasteiger partial charge in [0.25, 0.3) is 0 Å². The first kappa shape index (κ1) is 15.8. The summed E-state index contributed by atoms with van der Waals surface area (Å²) in [5.74, 6) is 0.560. The minimum Gasteiger partial charge on any atom is -0.274 e. The molecule has 0 saturated heterocycles. The van der Waals surface area contributed by atoms with Gasteiger partial charge in [-0.1, -0.05) is 24.3 Å². The fourth-order valence-electron chi connectivity index (χ4n) is 2.04. The summed E-state index contributed by atoms with van der Waals surface area (Å²) in [6, 6.07) is 15.0. The topological polar surface area (TPSA) is 70.5 Å². The molecule has 6 nitrogen and oxygen atoms in total. The van der Waals surface area contributed by atoms with Crippen LogP contribution in [-0.4, -0.2) is 22.1 Å². The maximum Gasteiger partial charge on any atom is 0.230 e. The molecule has 0 aliphatic carbocycles. The third-order valence-corrected chi connectivity index (χ3v) is 3.92. The van der Waals surface area contributed by atoms with Crippen molar-refractivity contribution >= 4 is 40.1 Å². The molecular formula is C17H15N5OS. The van der Waals surface area contributed by atoms with Gasteiger partial charge in [0.1, 0.15) is 5.82 Å². The molecule has 1 N–H and O–H groups in total. The standard InChI is InChI=1S/C17H15N5OS/c1-13(23)22(15-7-3-2-4-8-15)17-20-14(12-24-17)11-19-21-16-9-5-6-10-18-16/h2-12H,1H3,(H,18,21)/b19-11-. The van der Waals surface area contributed by atoms with E-state index in [1.54, 1.807) is 17.3 Å². The van der Waals surface area contributed by atoms with Gasteiger partial charge in [0.2, 0.25) is 5.91 Å². The number of hydrogen-bond acceptors (Lipinski definition) is 6. The summed E-state index contributed by atoms with van der Waals surface area (Å²) < 4.78 is 0. The molecule has 0 radical (unpaired) electrons. The summed E-state index contributed by atoms with van der Waals surface area (Å²) in [5, 5.41) is 6.56. The van der Waals surface area contributed by atoms with Crippen LogP contribution in [0.3, 0.4) is 0 Å². The zero-order valence-corrected chi connectivity index (χ0v) is 13.8. The number of para-hydroxylation sites is 1. The van der Waals surface area contributed by atoms with E-state index in [0.29, 0.717) is 16.6 Å². The van der Waals surface area contributed by atoms with Gasteiger partial charge in [0.05, 0.1) is 17.6 Å². The van der Waals surface area contributed by atoms with Crippen molar-refractivity contribution in [1.29, 1.82) is 0 Å². The highest BCUT2D eigenvalue weighted by Crippen LogP contribution is 2.28. The van der Waals surface area contributed by atoms with Crippen LogP contribution in [0, 0.1) is 0 Å². The van der Waals surface area contributed by atoms with Crippen LogP contribution < -0.4 is 10.3 Å². The third kappa shape index (κ3) is 3.82. The van der Waals surface area contributed by atoms with Crippen molar-refractivity contribution in [3.8, 4) is 0 Å². The Morgan fingerprint density at radius 3 is 2.71 bits per heavy atom. The zero-order valence-electron chi connectivity index (χ0n) is 13.0. The number of nitrogens with zero attached hydrogens (tertiary/aromatic N) is 4. The molecule has 0 fully saturated rings. The molecular weight excluding hydrogens is 322 g/mol. The summed E-state index contributed by atoms with van der Waals surface area (Å²) in [6.45, 7) is 1.52. The maximum absolute atomic E-state index is 12.0. The number of benzene rings is 1. The van der Waals surface area contributed by atoms with Gasteiger partial charge in [-0.3, -0.25) is 15.1 Å². The van der Waals surface area contributed by atoms with Crippen molar-refractivity contribution in [2.75, 3.05) is 10.3 Å². The molecule has 2 aromatic heterocycles. The van der Waals surface area contributed by atoms with Crippen molar-refractivity contribution in [3.63, 3.8) is 0 Å². The Morgan fingerprint density at radius 2 is 2.00 bits per heavy atom. The maximum atomic E-state index is 12.0. The minimum absolute atomic E-state index is 0.0920. The molecule has 0 saturated carbocycles. The molecule has 1 amide bonds.